The van der Waals surface area contributed by atoms with Crippen LogP contribution in [-0.4, -0.2) is 45.9 Å². The zero-order valence-electron chi connectivity index (χ0n) is 18.1. The van der Waals surface area contributed by atoms with Crippen LogP contribution in [0.1, 0.15) is 49.0 Å². The van der Waals surface area contributed by atoms with Gasteiger partial charge in [0, 0.05) is 23.7 Å². The van der Waals surface area contributed by atoms with Gasteiger partial charge in [-0.15, -0.1) is 0 Å². The molecule has 0 saturated carbocycles. The van der Waals surface area contributed by atoms with Gasteiger partial charge in [0.05, 0.1) is 22.5 Å². The maximum Gasteiger partial charge on any atom is 0.252 e. The number of hydrogen-bond donors (Lipinski definition) is 1. The first kappa shape index (κ1) is 20.5. The number of amides is 1. The van der Waals surface area contributed by atoms with Crippen molar-refractivity contribution in [2.45, 2.75) is 45.6 Å². The summed E-state index contributed by atoms with van der Waals surface area (Å²) >= 11 is 0. The highest BCUT2D eigenvalue weighted by Gasteiger charge is 2.26. The molecule has 1 fully saturated rings. The molecule has 0 unspecified atom stereocenters. The molecular weight excluding hydrogens is 372 g/mol. The van der Waals surface area contributed by atoms with Crippen molar-refractivity contribution < 1.29 is 4.79 Å². The van der Waals surface area contributed by atoms with E-state index in [9.17, 15) is 4.79 Å². The SMILES string of the molecule is Cc1cccc2c(C(=O)NC(C)(C)CN3CCCCC3)cc(-c3ccccn3)nc12. The summed E-state index contributed by atoms with van der Waals surface area (Å²) < 4.78 is 0. The average Bonchev–Trinajstić information content (AvgIpc) is 2.74. The lowest BCUT2D eigenvalue weighted by Gasteiger charge is -2.35. The van der Waals surface area contributed by atoms with Crippen LogP contribution in [0, 0.1) is 6.92 Å². The summed E-state index contributed by atoms with van der Waals surface area (Å²) in [6.07, 6.45) is 5.54. The molecule has 0 aliphatic carbocycles. The Morgan fingerprint density at radius 1 is 1.07 bits per heavy atom. The fourth-order valence-corrected chi connectivity index (χ4v) is 4.32. The summed E-state index contributed by atoms with van der Waals surface area (Å²) in [5.74, 6) is -0.0628. The van der Waals surface area contributed by atoms with Gasteiger partial charge in [-0.2, -0.15) is 0 Å². The number of carbonyl (C=O) groups excluding carboxylic acids is 1. The first-order chi connectivity index (χ1) is 14.4. The van der Waals surface area contributed by atoms with Gasteiger partial charge in [0.15, 0.2) is 0 Å². The summed E-state index contributed by atoms with van der Waals surface area (Å²) in [5.41, 5.74) is 3.71. The third kappa shape index (κ3) is 4.51. The number of carbonyl (C=O) groups is 1. The van der Waals surface area contributed by atoms with Crippen LogP contribution in [-0.2, 0) is 0 Å². The van der Waals surface area contributed by atoms with Crippen LogP contribution in [0.25, 0.3) is 22.3 Å². The van der Waals surface area contributed by atoms with Crippen molar-refractivity contribution in [1.82, 2.24) is 20.2 Å². The predicted octanol–water partition coefficient (Wildman–Crippen LogP) is 4.60. The van der Waals surface area contributed by atoms with Crippen molar-refractivity contribution in [3.63, 3.8) is 0 Å². The first-order valence-corrected chi connectivity index (χ1v) is 10.8. The number of para-hydroxylation sites is 1. The summed E-state index contributed by atoms with van der Waals surface area (Å²) in [6, 6.07) is 13.6. The minimum absolute atomic E-state index is 0.0628. The van der Waals surface area contributed by atoms with E-state index in [0.29, 0.717) is 5.56 Å². The Bertz CT molecular complexity index is 1040. The molecule has 3 heterocycles. The molecule has 5 heteroatoms. The Kier molecular flexibility index (Phi) is 5.82. The number of fused-ring (bicyclic) bond motifs is 1. The lowest BCUT2D eigenvalue weighted by atomic mass is 9.99. The van der Waals surface area contributed by atoms with Crippen LogP contribution in [0.3, 0.4) is 0 Å². The molecule has 1 N–H and O–H groups in total. The van der Waals surface area contributed by atoms with E-state index in [2.05, 4.69) is 29.0 Å². The van der Waals surface area contributed by atoms with Crippen LogP contribution in [0.5, 0.6) is 0 Å². The van der Waals surface area contributed by atoms with Gasteiger partial charge in [0.2, 0.25) is 0 Å². The zero-order chi connectivity index (χ0) is 21.1. The summed E-state index contributed by atoms with van der Waals surface area (Å²) in [6.45, 7) is 9.32. The predicted molar refractivity (Wildman–Crippen MR) is 122 cm³/mol. The number of nitrogens with one attached hydrogen (secondary N) is 1. The molecule has 1 aliphatic heterocycles. The van der Waals surface area contributed by atoms with Crippen molar-refractivity contribution in [2.75, 3.05) is 19.6 Å². The quantitative estimate of drug-likeness (QED) is 0.678. The van der Waals surface area contributed by atoms with Crippen molar-refractivity contribution in [2.24, 2.45) is 0 Å². The van der Waals surface area contributed by atoms with Crippen molar-refractivity contribution in [1.29, 1.82) is 0 Å². The average molecular weight is 403 g/mol. The van der Waals surface area contributed by atoms with Crippen molar-refractivity contribution >= 4 is 16.8 Å². The lowest BCUT2D eigenvalue weighted by Crippen LogP contribution is -2.52. The molecule has 2 aromatic heterocycles. The van der Waals surface area contributed by atoms with E-state index in [1.54, 1.807) is 6.20 Å². The number of rotatable bonds is 5. The van der Waals surface area contributed by atoms with Crippen LogP contribution in [0.4, 0.5) is 0 Å². The Morgan fingerprint density at radius 3 is 2.60 bits per heavy atom. The monoisotopic (exact) mass is 402 g/mol. The molecule has 1 aliphatic rings. The minimum atomic E-state index is -0.320. The van der Waals surface area contributed by atoms with E-state index in [1.165, 1.54) is 19.3 Å². The molecule has 5 nitrogen and oxygen atoms in total. The molecule has 1 amide bonds. The summed E-state index contributed by atoms with van der Waals surface area (Å²) in [4.78, 5) is 25.2. The highest BCUT2D eigenvalue weighted by molar-refractivity contribution is 6.08. The second-order valence-electron chi connectivity index (χ2n) is 8.92. The van der Waals surface area contributed by atoms with Gasteiger partial charge >= 0.3 is 0 Å². The van der Waals surface area contributed by atoms with Gasteiger partial charge in [0.1, 0.15) is 0 Å². The van der Waals surface area contributed by atoms with Gasteiger partial charge in [-0.3, -0.25) is 9.78 Å². The molecule has 156 valence electrons. The van der Waals surface area contributed by atoms with E-state index < -0.39 is 0 Å². The lowest BCUT2D eigenvalue weighted by molar-refractivity contribution is 0.0880. The smallest absolute Gasteiger partial charge is 0.252 e. The number of aromatic nitrogens is 2. The molecule has 0 radical (unpaired) electrons. The maximum atomic E-state index is 13.4. The van der Waals surface area contributed by atoms with E-state index in [-0.39, 0.29) is 11.4 Å². The van der Waals surface area contributed by atoms with E-state index in [4.69, 9.17) is 4.98 Å². The van der Waals surface area contributed by atoms with Gasteiger partial charge in [-0.1, -0.05) is 30.7 Å². The Balaban J connectivity index is 1.68. The fraction of sp³-hybridized carbons (Fsp3) is 0.400. The Hall–Kier alpha value is -2.79. The van der Waals surface area contributed by atoms with E-state index >= 15 is 0 Å². The molecule has 1 aromatic carbocycles. The Labute approximate surface area is 178 Å². The number of piperidine rings is 1. The number of hydrogen-bond acceptors (Lipinski definition) is 4. The molecule has 0 spiro atoms. The molecule has 30 heavy (non-hydrogen) atoms. The first-order valence-electron chi connectivity index (χ1n) is 10.8. The topological polar surface area (TPSA) is 58.1 Å². The second kappa shape index (κ2) is 8.52. The number of benzene rings is 1. The summed E-state index contributed by atoms with van der Waals surface area (Å²) in [5, 5.41) is 4.16. The molecule has 0 bridgehead atoms. The van der Waals surface area contributed by atoms with Crippen LogP contribution in [0.2, 0.25) is 0 Å². The molecule has 1 saturated heterocycles. The largest absolute Gasteiger partial charge is 0.346 e. The molecule has 4 rings (SSSR count). The third-order valence-corrected chi connectivity index (χ3v) is 5.73. The van der Waals surface area contributed by atoms with Crippen molar-refractivity contribution in [3.05, 3.63) is 59.8 Å². The second-order valence-corrected chi connectivity index (χ2v) is 8.92. The van der Waals surface area contributed by atoms with E-state index in [0.717, 1.165) is 47.5 Å². The normalized spacial score (nSPS) is 15.3. The third-order valence-electron chi connectivity index (χ3n) is 5.73. The van der Waals surface area contributed by atoms with Crippen LogP contribution in [0.15, 0.2) is 48.7 Å². The van der Waals surface area contributed by atoms with Gasteiger partial charge < -0.3 is 10.2 Å². The van der Waals surface area contributed by atoms with E-state index in [1.807, 2.05) is 49.4 Å². The summed E-state index contributed by atoms with van der Waals surface area (Å²) in [7, 11) is 0. The highest BCUT2D eigenvalue weighted by atomic mass is 16.1. The standard InChI is InChI=1S/C25H30N4O/c1-18-10-9-11-19-20(16-22(27-23(18)19)21-12-5-6-13-26-21)24(30)28-25(2,3)17-29-14-7-4-8-15-29/h5-6,9-13,16H,4,7-8,14-15,17H2,1-3H3,(H,28,30). The Morgan fingerprint density at radius 2 is 1.87 bits per heavy atom. The number of nitrogens with zero attached hydrogens (tertiary/aromatic N) is 3. The van der Waals surface area contributed by atoms with Gasteiger partial charge in [-0.25, -0.2) is 4.98 Å². The number of likely N-dealkylation sites (tertiary alicyclic amines) is 1. The van der Waals surface area contributed by atoms with Gasteiger partial charge in [0.25, 0.3) is 5.91 Å². The number of pyridine rings is 2. The number of aryl methyl sites for hydroxylation is 1. The highest BCUT2D eigenvalue weighted by Crippen LogP contribution is 2.26. The molecule has 0 atom stereocenters. The van der Waals surface area contributed by atoms with Crippen LogP contribution >= 0.6 is 0 Å². The molecule has 3 aromatic rings. The molecular formula is C25H30N4O. The maximum absolute atomic E-state index is 13.4. The zero-order valence-corrected chi connectivity index (χ0v) is 18.1. The minimum Gasteiger partial charge on any atom is -0.346 e. The van der Waals surface area contributed by atoms with Crippen molar-refractivity contribution in [3.8, 4) is 11.4 Å². The van der Waals surface area contributed by atoms with Crippen LogP contribution < -0.4 is 5.32 Å². The fourth-order valence-electron chi connectivity index (χ4n) is 4.32. The van der Waals surface area contributed by atoms with Gasteiger partial charge in [-0.05, 0) is 70.5 Å².